The van der Waals surface area contributed by atoms with Crippen molar-refractivity contribution in [3.05, 3.63) is 89.6 Å². The van der Waals surface area contributed by atoms with Crippen LogP contribution < -0.4 is 15.5 Å². The van der Waals surface area contributed by atoms with Crippen molar-refractivity contribution in [1.29, 1.82) is 0 Å². The van der Waals surface area contributed by atoms with Gasteiger partial charge in [-0.1, -0.05) is 67.1 Å². The fourth-order valence-electron chi connectivity index (χ4n) is 4.42. The molecule has 2 heterocycles. The Bertz CT molecular complexity index is 1150. The molecule has 0 unspecified atom stereocenters. The lowest BCUT2D eigenvalue weighted by Gasteiger charge is -2.34. The van der Waals surface area contributed by atoms with Gasteiger partial charge in [-0.2, -0.15) is 0 Å². The number of rotatable bonds is 9. The minimum atomic E-state index is -0.514. The number of aromatic nitrogens is 1. The molecule has 2 aromatic carbocycles. The molecule has 0 radical (unpaired) electrons. The standard InChI is InChI=1S/C29H35N5O2/c1-4-33-16-17-34(20-27(33)35)25-14-15-26(30-19-25)32-29(36)28(24-8-6-5-7-9-24)31-18-22(3)23-12-10-21(2)11-13-23/h5-15,19,22,28,31H,4,16-18,20H2,1-3H3,(H,30,32,36)/t22-,28-/m0/s1. The van der Waals surface area contributed by atoms with Crippen molar-refractivity contribution in [1.82, 2.24) is 15.2 Å². The zero-order valence-electron chi connectivity index (χ0n) is 21.3. The maximum Gasteiger partial charge on any atom is 0.247 e. The predicted molar refractivity (Wildman–Crippen MR) is 144 cm³/mol. The van der Waals surface area contributed by atoms with Crippen molar-refractivity contribution in [2.75, 3.05) is 42.9 Å². The number of nitrogens with zero attached hydrogens (tertiary/aromatic N) is 3. The van der Waals surface area contributed by atoms with E-state index in [2.05, 4.69) is 53.7 Å². The molecule has 1 aliphatic rings. The second-order valence-electron chi connectivity index (χ2n) is 9.35. The molecule has 7 heteroatoms. The van der Waals surface area contributed by atoms with E-state index in [1.165, 1.54) is 11.1 Å². The molecule has 2 N–H and O–H groups in total. The molecule has 7 nitrogen and oxygen atoms in total. The Morgan fingerprint density at radius 3 is 2.39 bits per heavy atom. The summed E-state index contributed by atoms with van der Waals surface area (Å²) in [5, 5.41) is 6.42. The Hall–Kier alpha value is -3.71. The van der Waals surface area contributed by atoms with E-state index in [-0.39, 0.29) is 17.7 Å². The van der Waals surface area contributed by atoms with Crippen molar-refractivity contribution in [3.63, 3.8) is 0 Å². The van der Waals surface area contributed by atoms with Gasteiger partial charge in [0.15, 0.2) is 0 Å². The molecule has 36 heavy (non-hydrogen) atoms. The van der Waals surface area contributed by atoms with Crippen LogP contribution in [-0.4, -0.2) is 54.4 Å². The van der Waals surface area contributed by atoms with Crippen LogP contribution in [0, 0.1) is 6.92 Å². The van der Waals surface area contributed by atoms with Gasteiger partial charge in [0.05, 0.1) is 18.4 Å². The third kappa shape index (κ3) is 6.29. The number of carbonyl (C=O) groups is 2. The van der Waals surface area contributed by atoms with Crippen LogP contribution in [0.15, 0.2) is 72.9 Å². The van der Waals surface area contributed by atoms with Crippen molar-refractivity contribution in [2.24, 2.45) is 0 Å². The molecule has 0 aliphatic carbocycles. The second-order valence-corrected chi connectivity index (χ2v) is 9.35. The number of likely N-dealkylation sites (N-methyl/N-ethyl adjacent to an activating group) is 1. The highest BCUT2D eigenvalue weighted by molar-refractivity contribution is 5.95. The largest absolute Gasteiger partial charge is 0.359 e. The van der Waals surface area contributed by atoms with E-state index in [4.69, 9.17) is 0 Å². The molecule has 1 aromatic heterocycles. The quantitative estimate of drug-likeness (QED) is 0.477. The Morgan fingerprint density at radius 1 is 1.00 bits per heavy atom. The minimum absolute atomic E-state index is 0.123. The maximum atomic E-state index is 13.3. The molecular formula is C29H35N5O2. The number of amides is 2. The summed E-state index contributed by atoms with van der Waals surface area (Å²) in [6.45, 7) is 9.44. The molecule has 1 saturated heterocycles. The first kappa shape index (κ1) is 25.4. The van der Waals surface area contributed by atoms with Crippen molar-refractivity contribution >= 4 is 23.3 Å². The first-order chi connectivity index (χ1) is 17.4. The molecule has 3 aromatic rings. The zero-order valence-corrected chi connectivity index (χ0v) is 21.3. The van der Waals surface area contributed by atoms with Gasteiger partial charge in [0.2, 0.25) is 11.8 Å². The highest BCUT2D eigenvalue weighted by atomic mass is 16.2. The van der Waals surface area contributed by atoms with Gasteiger partial charge < -0.3 is 20.4 Å². The number of piperazine rings is 1. The maximum absolute atomic E-state index is 13.3. The van der Waals surface area contributed by atoms with E-state index >= 15 is 0 Å². The van der Waals surface area contributed by atoms with Crippen LogP contribution >= 0.6 is 0 Å². The van der Waals surface area contributed by atoms with Crippen LogP contribution in [-0.2, 0) is 9.59 Å². The van der Waals surface area contributed by atoms with Crippen LogP contribution in [0.2, 0.25) is 0 Å². The van der Waals surface area contributed by atoms with Gasteiger partial charge in [-0.15, -0.1) is 0 Å². The van der Waals surface area contributed by atoms with E-state index in [0.717, 1.165) is 24.3 Å². The summed E-state index contributed by atoms with van der Waals surface area (Å²) < 4.78 is 0. The molecule has 4 rings (SSSR count). The number of nitrogens with one attached hydrogen (secondary N) is 2. The number of pyridine rings is 1. The van der Waals surface area contributed by atoms with Gasteiger partial charge in [0.1, 0.15) is 11.9 Å². The van der Waals surface area contributed by atoms with E-state index < -0.39 is 6.04 Å². The Labute approximate surface area is 213 Å². The smallest absolute Gasteiger partial charge is 0.247 e. The Balaban J connectivity index is 1.41. The van der Waals surface area contributed by atoms with Gasteiger partial charge >= 0.3 is 0 Å². The van der Waals surface area contributed by atoms with Gasteiger partial charge in [0.25, 0.3) is 0 Å². The number of hydrogen-bond acceptors (Lipinski definition) is 5. The summed E-state index contributed by atoms with van der Waals surface area (Å²) in [5.41, 5.74) is 4.24. The van der Waals surface area contributed by atoms with Gasteiger partial charge in [-0.05, 0) is 43.0 Å². The summed E-state index contributed by atoms with van der Waals surface area (Å²) in [4.78, 5) is 33.9. The van der Waals surface area contributed by atoms with Gasteiger partial charge in [-0.25, -0.2) is 4.98 Å². The van der Waals surface area contributed by atoms with Gasteiger partial charge in [0, 0.05) is 26.2 Å². The molecule has 2 amide bonds. The van der Waals surface area contributed by atoms with E-state index in [0.29, 0.717) is 25.5 Å². The average Bonchev–Trinajstić information content (AvgIpc) is 2.90. The Morgan fingerprint density at radius 2 is 1.75 bits per heavy atom. The summed E-state index contributed by atoms with van der Waals surface area (Å²) in [7, 11) is 0. The predicted octanol–water partition coefficient (Wildman–Crippen LogP) is 4.13. The highest BCUT2D eigenvalue weighted by Gasteiger charge is 2.24. The fraction of sp³-hybridized carbons (Fsp3) is 0.345. The number of aryl methyl sites for hydroxylation is 1. The normalized spacial score (nSPS) is 15.5. The SMILES string of the molecule is CCN1CCN(c2ccc(NC(=O)[C@@H](NC[C@H](C)c3ccc(C)cc3)c3ccccc3)nc2)CC1=O. The van der Waals surface area contributed by atoms with Crippen LogP contribution in [0.25, 0.3) is 0 Å². The summed E-state index contributed by atoms with van der Waals surface area (Å²) in [6, 6.07) is 21.4. The number of benzene rings is 2. The lowest BCUT2D eigenvalue weighted by Crippen LogP contribution is -2.50. The highest BCUT2D eigenvalue weighted by Crippen LogP contribution is 2.21. The van der Waals surface area contributed by atoms with Gasteiger partial charge in [-0.3, -0.25) is 9.59 Å². The number of anilines is 2. The third-order valence-electron chi connectivity index (χ3n) is 6.73. The summed E-state index contributed by atoms with van der Waals surface area (Å²) >= 11 is 0. The molecule has 2 atom stereocenters. The lowest BCUT2D eigenvalue weighted by molar-refractivity contribution is -0.130. The van der Waals surface area contributed by atoms with Crippen LogP contribution in [0.4, 0.5) is 11.5 Å². The van der Waals surface area contributed by atoms with Crippen molar-refractivity contribution in [3.8, 4) is 0 Å². The molecule has 1 fully saturated rings. The first-order valence-corrected chi connectivity index (χ1v) is 12.6. The van der Waals surface area contributed by atoms with Crippen molar-refractivity contribution in [2.45, 2.75) is 32.7 Å². The molecular weight excluding hydrogens is 450 g/mol. The average molecular weight is 486 g/mol. The second kappa shape index (κ2) is 11.8. The topological polar surface area (TPSA) is 77.6 Å². The minimum Gasteiger partial charge on any atom is -0.359 e. The van der Waals surface area contributed by atoms with Crippen molar-refractivity contribution < 1.29 is 9.59 Å². The fourth-order valence-corrected chi connectivity index (χ4v) is 4.42. The number of hydrogen-bond donors (Lipinski definition) is 2. The number of carbonyl (C=O) groups excluding carboxylic acids is 2. The first-order valence-electron chi connectivity index (χ1n) is 12.6. The van der Waals surface area contributed by atoms with Crippen LogP contribution in [0.5, 0.6) is 0 Å². The van der Waals surface area contributed by atoms with E-state index in [9.17, 15) is 9.59 Å². The van der Waals surface area contributed by atoms with Crippen LogP contribution in [0.3, 0.4) is 0 Å². The molecule has 0 spiro atoms. The monoisotopic (exact) mass is 485 g/mol. The Kier molecular flexibility index (Phi) is 8.33. The molecule has 188 valence electrons. The summed E-state index contributed by atoms with van der Waals surface area (Å²) in [6.07, 6.45) is 1.72. The molecule has 0 saturated carbocycles. The summed E-state index contributed by atoms with van der Waals surface area (Å²) in [5.74, 6) is 0.691. The van der Waals surface area contributed by atoms with E-state index in [1.54, 1.807) is 12.3 Å². The van der Waals surface area contributed by atoms with Crippen LogP contribution in [0.1, 0.15) is 42.5 Å². The molecule has 1 aliphatic heterocycles. The molecule has 0 bridgehead atoms. The third-order valence-corrected chi connectivity index (χ3v) is 6.73. The lowest BCUT2D eigenvalue weighted by atomic mass is 9.98. The van der Waals surface area contributed by atoms with E-state index in [1.807, 2.05) is 53.1 Å². The zero-order chi connectivity index (χ0) is 25.5.